The second-order valence-corrected chi connectivity index (χ2v) is 9.44. The van der Waals surface area contributed by atoms with E-state index in [9.17, 15) is 18.0 Å². The molecule has 2 heterocycles. The Kier molecular flexibility index (Phi) is 5.44. The molecule has 2 N–H and O–H groups in total. The minimum atomic E-state index is -3.57. The Balaban J connectivity index is 1.83. The summed E-state index contributed by atoms with van der Waals surface area (Å²) in [5.41, 5.74) is -0.527. The van der Waals surface area contributed by atoms with Crippen LogP contribution in [0.1, 0.15) is 33.6 Å². The molecule has 0 spiro atoms. The van der Waals surface area contributed by atoms with E-state index in [1.165, 1.54) is 0 Å². The third-order valence-electron chi connectivity index (χ3n) is 4.18. The van der Waals surface area contributed by atoms with Crippen molar-refractivity contribution in [3.63, 3.8) is 0 Å². The number of rotatable bonds is 4. The van der Waals surface area contributed by atoms with Gasteiger partial charge in [0.05, 0.1) is 5.75 Å². The largest absolute Gasteiger partial charge is 0.444 e. The number of ether oxygens (including phenoxy) is 1. The van der Waals surface area contributed by atoms with Crippen molar-refractivity contribution < 1.29 is 22.7 Å². The molecule has 2 saturated heterocycles. The van der Waals surface area contributed by atoms with Gasteiger partial charge in [0.2, 0.25) is 15.9 Å². The van der Waals surface area contributed by atoms with E-state index in [0.717, 1.165) is 6.42 Å². The van der Waals surface area contributed by atoms with Gasteiger partial charge in [-0.3, -0.25) is 4.79 Å². The summed E-state index contributed by atoms with van der Waals surface area (Å²) in [6.45, 7) is 7.60. The fraction of sp³-hybridized carbons (Fsp3) is 0.867. The van der Waals surface area contributed by atoms with E-state index >= 15 is 0 Å². The highest BCUT2D eigenvalue weighted by Gasteiger charge is 2.36. The van der Waals surface area contributed by atoms with Crippen LogP contribution < -0.4 is 5.14 Å². The molecule has 24 heavy (non-hydrogen) atoms. The second kappa shape index (κ2) is 6.87. The van der Waals surface area contributed by atoms with Crippen molar-refractivity contribution in [1.82, 2.24) is 9.80 Å². The summed E-state index contributed by atoms with van der Waals surface area (Å²) in [7, 11) is -3.57. The van der Waals surface area contributed by atoms with E-state index in [4.69, 9.17) is 9.88 Å². The molecule has 8 nitrogen and oxygen atoms in total. The molecule has 0 aliphatic carbocycles. The van der Waals surface area contributed by atoms with Gasteiger partial charge in [0.1, 0.15) is 5.60 Å². The lowest BCUT2D eigenvalue weighted by molar-refractivity contribution is -0.128. The topological polar surface area (TPSA) is 110 Å². The normalized spacial score (nSPS) is 25.4. The van der Waals surface area contributed by atoms with E-state index in [0.29, 0.717) is 26.2 Å². The summed E-state index contributed by atoms with van der Waals surface area (Å²) in [4.78, 5) is 27.5. The van der Waals surface area contributed by atoms with Gasteiger partial charge < -0.3 is 14.5 Å². The minimum Gasteiger partial charge on any atom is -0.444 e. The van der Waals surface area contributed by atoms with Gasteiger partial charge in [-0.25, -0.2) is 18.4 Å². The predicted molar refractivity (Wildman–Crippen MR) is 88.6 cm³/mol. The molecular weight excluding hydrogens is 334 g/mol. The number of likely N-dealkylation sites (tertiary alicyclic amines) is 2. The number of hydrogen-bond acceptors (Lipinski definition) is 5. The fourth-order valence-corrected chi connectivity index (χ4v) is 4.14. The fourth-order valence-electron chi connectivity index (χ4n) is 3.26. The highest BCUT2D eigenvalue weighted by atomic mass is 32.2. The quantitative estimate of drug-likeness (QED) is 0.778. The summed E-state index contributed by atoms with van der Waals surface area (Å²) in [6, 6.07) is 0. The van der Waals surface area contributed by atoms with E-state index in [1.807, 2.05) is 20.8 Å². The molecule has 2 aliphatic heterocycles. The molecule has 0 aromatic heterocycles. The number of hydrogen-bond donors (Lipinski definition) is 1. The second-order valence-electron chi connectivity index (χ2n) is 7.78. The van der Waals surface area contributed by atoms with Crippen LogP contribution in [0, 0.1) is 11.8 Å². The maximum atomic E-state index is 12.1. The summed E-state index contributed by atoms with van der Waals surface area (Å²) < 4.78 is 27.7. The molecular formula is C15H27N3O5S. The number of nitrogens with two attached hydrogens (primary N) is 1. The van der Waals surface area contributed by atoms with Crippen molar-refractivity contribution in [2.24, 2.45) is 17.0 Å². The van der Waals surface area contributed by atoms with Gasteiger partial charge in [0.25, 0.3) is 0 Å². The smallest absolute Gasteiger partial charge is 0.410 e. The highest BCUT2D eigenvalue weighted by Crippen LogP contribution is 2.24. The standard InChI is InChI=1S/C15H27N3O5S/c1-15(2,3)23-14(20)17-5-4-11(7-17)8-18-9-12(6-13(18)19)10-24(16,21)22/h11-12H,4-10H2,1-3H3,(H2,16,21,22). The van der Waals surface area contributed by atoms with E-state index in [1.54, 1.807) is 9.80 Å². The van der Waals surface area contributed by atoms with Crippen LogP contribution >= 0.6 is 0 Å². The van der Waals surface area contributed by atoms with E-state index in [2.05, 4.69) is 0 Å². The third kappa shape index (κ3) is 5.62. The molecule has 2 fully saturated rings. The first-order valence-corrected chi connectivity index (χ1v) is 9.90. The van der Waals surface area contributed by atoms with Gasteiger partial charge >= 0.3 is 6.09 Å². The van der Waals surface area contributed by atoms with Crippen molar-refractivity contribution in [2.75, 3.05) is 31.9 Å². The average molecular weight is 361 g/mol. The Labute approximate surface area is 143 Å². The average Bonchev–Trinajstić information content (AvgIpc) is 2.94. The van der Waals surface area contributed by atoms with Crippen LogP contribution in [0.25, 0.3) is 0 Å². The van der Waals surface area contributed by atoms with Crippen LogP contribution in [0.3, 0.4) is 0 Å². The molecule has 9 heteroatoms. The van der Waals surface area contributed by atoms with Crippen molar-refractivity contribution in [1.29, 1.82) is 0 Å². The summed E-state index contributed by atoms with van der Waals surface area (Å²) >= 11 is 0. The number of carbonyl (C=O) groups is 2. The summed E-state index contributed by atoms with van der Waals surface area (Å²) in [5, 5.41) is 5.06. The molecule has 0 radical (unpaired) electrons. The maximum Gasteiger partial charge on any atom is 0.410 e. The maximum absolute atomic E-state index is 12.1. The van der Waals surface area contributed by atoms with Gasteiger partial charge in [0.15, 0.2) is 0 Å². The first-order valence-electron chi connectivity index (χ1n) is 8.19. The molecule has 138 valence electrons. The van der Waals surface area contributed by atoms with E-state index < -0.39 is 15.6 Å². The Morgan fingerprint density at radius 1 is 1.29 bits per heavy atom. The number of carbonyl (C=O) groups excluding carboxylic acids is 2. The van der Waals surface area contributed by atoms with Crippen LogP contribution in [0.4, 0.5) is 4.79 Å². The zero-order chi connectivity index (χ0) is 18.1. The van der Waals surface area contributed by atoms with E-state index in [-0.39, 0.29) is 36.0 Å². The lowest BCUT2D eigenvalue weighted by atomic mass is 10.1. The van der Waals surface area contributed by atoms with Crippen LogP contribution in [-0.2, 0) is 19.6 Å². The lowest BCUT2D eigenvalue weighted by Gasteiger charge is -2.25. The monoisotopic (exact) mass is 361 g/mol. The van der Waals surface area contributed by atoms with Crippen LogP contribution in [0.2, 0.25) is 0 Å². The molecule has 0 saturated carbocycles. The first-order chi connectivity index (χ1) is 10.9. The van der Waals surface area contributed by atoms with Crippen LogP contribution in [-0.4, -0.2) is 67.8 Å². The van der Waals surface area contributed by atoms with Crippen LogP contribution in [0.5, 0.6) is 0 Å². The van der Waals surface area contributed by atoms with Gasteiger partial charge in [-0.2, -0.15) is 0 Å². The minimum absolute atomic E-state index is 0.0423. The van der Waals surface area contributed by atoms with Crippen molar-refractivity contribution in [2.45, 2.75) is 39.2 Å². The lowest BCUT2D eigenvalue weighted by Crippen LogP contribution is -2.37. The van der Waals surface area contributed by atoms with Gasteiger partial charge in [0, 0.05) is 38.5 Å². The molecule has 2 atom stereocenters. The Bertz CT molecular complexity index is 599. The van der Waals surface area contributed by atoms with Crippen LogP contribution in [0.15, 0.2) is 0 Å². The third-order valence-corrected chi connectivity index (χ3v) is 5.11. The highest BCUT2D eigenvalue weighted by molar-refractivity contribution is 7.89. The first kappa shape index (κ1) is 19.0. The SMILES string of the molecule is CC(C)(C)OC(=O)N1CCC(CN2CC(CS(N)(=O)=O)CC2=O)C1. The van der Waals surface area contributed by atoms with Crippen molar-refractivity contribution in [3.8, 4) is 0 Å². The molecule has 0 aromatic carbocycles. The number of primary sulfonamides is 1. The molecule has 0 aromatic rings. The Hall–Kier alpha value is -1.35. The zero-order valence-corrected chi connectivity index (χ0v) is 15.3. The zero-order valence-electron chi connectivity index (χ0n) is 14.5. The molecule has 2 amide bonds. The number of sulfonamides is 1. The van der Waals surface area contributed by atoms with Gasteiger partial charge in [-0.05, 0) is 33.1 Å². The summed E-state index contributed by atoms with van der Waals surface area (Å²) in [6.07, 6.45) is 0.701. The number of amides is 2. The molecule has 2 unspecified atom stereocenters. The molecule has 0 bridgehead atoms. The molecule has 2 rings (SSSR count). The van der Waals surface area contributed by atoms with Crippen molar-refractivity contribution in [3.05, 3.63) is 0 Å². The Morgan fingerprint density at radius 3 is 2.54 bits per heavy atom. The number of nitrogens with zero attached hydrogens (tertiary/aromatic N) is 2. The Morgan fingerprint density at radius 2 is 1.96 bits per heavy atom. The predicted octanol–water partition coefficient (Wildman–Crippen LogP) is 0.380. The van der Waals surface area contributed by atoms with Gasteiger partial charge in [-0.15, -0.1) is 0 Å². The van der Waals surface area contributed by atoms with Crippen molar-refractivity contribution >= 4 is 22.0 Å². The molecule has 2 aliphatic rings. The van der Waals surface area contributed by atoms with Gasteiger partial charge in [-0.1, -0.05) is 0 Å². The summed E-state index contributed by atoms with van der Waals surface area (Å²) in [5.74, 6) is -0.255.